The van der Waals surface area contributed by atoms with E-state index in [1.165, 1.54) is 12.1 Å². The molecule has 1 aromatic rings. The maximum absolute atomic E-state index is 13.1. The minimum atomic E-state index is -0.297. The molecule has 4 heteroatoms. The number of carbonyl (C=O) groups is 1. The summed E-state index contributed by atoms with van der Waals surface area (Å²) in [5.74, 6) is 0.720. The van der Waals surface area contributed by atoms with Crippen LogP contribution in [0.5, 0.6) is 0 Å². The van der Waals surface area contributed by atoms with Crippen LogP contribution in [0.15, 0.2) is 18.2 Å². The summed E-state index contributed by atoms with van der Waals surface area (Å²) in [4.78, 5) is 14.4. The summed E-state index contributed by atoms with van der Waals surface area (Å²) >= 11 is 0. The van der Waals surface area contributed by atoms with Gasteiger partial charge in [-0.25, -0.2) is 4.39 Å². The highest BCUT2D eigenvalue weighted by Gasteiger charge is 2.42. The molecule has 0 radical (unpaired) electrons. The molecule has 1 aliphatic heterocycles. The number of fused-ring (bicyclic) bond motifs is 1. The fraction of sp³-hybridized carbons (Fsp3) is 0.533. The second kappa shape index (κ2) is 4.60. The molecule has 0 unspecified atom stereocenters. The van der Waals surface area contributed by atoms with Crippen LogP contribution in [0.2, 0.25) is 0 Å². The van der Waals surface area contributed by atoms with E-state index in [0.717, 1.165) is 25.9 Å². The highest BCUT2D eigenvalue weighted by Crippen LogP contribution is 2.37. The molecule has 0 bridgehead atoms. The van der Waals surface area contributed by atoms with E-state index in [2.05, 4.69) is 0 Å². The lowest BCUT2D eigenvalue weighted by atomic mass is 9.98. The summed E-state index contributed by atoms with van der Waals surface area (Å²) in [5, 5.41) is 0. The summed E-state index contributed by atoms with van der Waals surface area (Å²) < 4.78 is 13.1. The molecule has 1 aromatic carbocycles. The van der Waals surface area contributed by atoms with E-state index >= 15 is 0 Å². The van der Waals surface area contributed by atoms with Gasteiger partial charge in [-0.1, -0.05) is 0 Å². The Bertz CT molecular complexity index is 517. The average molecular weight is 262 g/mol. The third-order valence-corrected chi connectivity index (χ3v) is 4.62. The number of hydrogen-bond donors (Lipinski definition) is 1. The van der Waals surface area contributed by atoms with Crippen molar-refractivity contribution < 1.29 is 9.18 Å². The van der Waals surface area contributed by atoms with Crippen molar-refractivity contribution in [3.05, 3.63) is 35.1 Å². The van der Waals surface area contributed by atoms with Crippen molar-refractivity contribution in [3.8, 4) is 0 Å². The maximum Gasteiger partial charge on any atom is 0.254 e. The number of rotatable bonds is 1. The molecule has 19 heavy (non-hydrogen) atoms. The van der Waals surface area contributed by atoms with Gasteiger partial charge in [0, 0.05) is 24.7 Å². The minimum absolute atomic E-state index is 0.0131. The lowest BCUT2D eigenvalue weighted by Gasteiger charge is -2.19. The zero-order valence-electron chi connectivity index (χ0n) is 11.1. The van der Waals surface area contributed by atoms with Crippen LogP contribution >= 0.6 is 0 Å². The van der Waals surface area contributed by atoms with Crippen LogP contribution in [0, 0.1) is 24.6 Å². The Morgan fingerprint density at radius 2 is 2.16 bits per heavy atom. The molecule has 1 amide bonds. The minimum Gasteiger partial charge on any atom is -0.338 e. The summed E-state index contributed by atoms with van der Waals surface area (Å²) in [6, 6.07) is 4.58. The van der Waals surface area contributed by atoms with Gasteiger partial charge in [-0.05, 0) is 55.4 Å². The molecule has 1 aliphatic carbocycles. The highest BCUT2D eigenvalue weighted by atomic mass is 19.1. The van der Waals surface area contributed by atoms with Gasteiger partial charge in [0.1, 0.15) is 5.82 Å². The Kier molecular flexibility index (Phi) is 3.05. The van der Waals surface area contributed by atoms with Crippen molar-refractivity contribution in [2.45, 2.75) is 25.8 Å². The first-order valence-electron chi connectivity index (χ1n) is 6.87. The van der Waals surface area contributed by atoms with Crippen molar-refractivity contribution >= 4 is 5.91 Å². The Morgan fingerprint density at radius 1 is 1.37 bits per heavy atom. The number of amides is 1. The summed E-state index contributed by atoms with van der Waals surface area (Å²) in [7, 11) is 0. The lowest BCUT2D eigenvalue weighted by Crippen LogP contribution is -2.33. The maximum atomic E-state index is 13.1. The zero-order valence-corrected chi connectivity index (χ0v) is 11.1. The molecule has 1 saturated heterocycles. The molecule has 2 N–H and O–H groups in total. The van der Waals surface area contributed by atoms with Gasteiger partial charge in [-0.3, -0.25) is 4.79 Å². The van der Waals surface area contributed by atoms with E-state index in [9.17, 15) is 9.18 Å². The fourth-order valence-electron chi connectivity index (χ4n) is 3.51. The molecule has 2 aliphatic rings. The first kappa shape index (κ1) is 12.6. The largest absolute Gasteiger partial charge is 0.338 e. The van der Waals surface area contributed by atoms with Crippen LogP contribution in [-0.4, -0.2) is 29.9 Å². The predicted molar refractivity (Wildman–Crippen MR) is 71.2 cm³/mol. The second-order valence-corrected chi connectivity index (χ2v) is 5.83. The van der Waals surface area contributed by atoms with Crippen LogP contribution in [0.1, 0.15) is 28.8 Å². The summed E-state index contributed by atoms with van der Waals surface area (Å²) in [6.07, 6.45) is 2.20. The van der Waals surface area contributed by atoms with Crippen LogP contribution in [-0.2, 0) is 0 Å². The molecule has 3 atom stereocenters. The molecular formula is C15H19FN2O. The molecule has 0 spiro atoms. The standard InChI is InChI=1S/C15H19FN2O/c1-9-6-11(16)3-4-12(9)15(19)18-7-10-2-5-14(17)13(10)8-18/h3-4,6,10,13-14H,2,5,7-8,17H2,1H3/t10-,13-,14+/m0/s1. The van der Waals surface area contributed by atoms with E-state index in [1.54, 1.807) is 13.0 Å². The smallest absolute Gasteiger partial charge is 0.254 e. The van der Waals surface area contributed by atoms with Crippen LogP contribution in [0.4, 0.5) is 4.39 Å². The van der Waals surface area contributed by atoms with Gasteiger partial charge < -0.3 is 10.6 Å². The number of nitrogens with zero attached hydrogens (tertiary/aromatic N) is 1. The third kappa shape index (κ3) is 2.14. The molecule has 3 rings (SSSR count). The monoisotopic (exact) mass is 262 g/mol. The highest BCUT2D eigenvalue weighted by molar-refractivity contribution is 5.95. The van der Waals surface area contributed by atoms with Crippen molar-refractivity contribution in [2.75, 3.05) is 13.1 Å². The van der Waals surface area contributed by atoms with Gasteiger partial charge in [0.25, 0.3) is 5.91 Å². The fourth-order valence-corrected chi connectivity index (χ4v) is 3.51. The quantitative estimate of drug-likeness (QED) is 0.840. The summed E-state index contributed by atoms with van der Waals surface area (Å²) in [5.41, 5.74) is 7.39. The van der Waals surface area contributed by atoms with E-state index in [-0.39, 0.29) is 17.8 Å². The predicted octanol–water partition coefficient (Wildman–Crippen LogP) is 1.94. The molecule has 2 fully saturated rings. The zero-order chi connectivity index (χ0) is 13.6. The molecular weight excluding hydrogens is 243 g/mol. The first-order valence-corrected chi connectivity index (χ1v) is 6.87. The van der Waals surface area contributed by atoms with Gasteiger partial charge >= 0.3 is 0 Å². The van der Waals surface area contributed by atoms with E-state index in [0.29, 0.717) is 23.0 Å². The third-order valence-electron chi connectivity index (χ3n) is 4.62. The number of hydrogen-bond acceptors (Lipinski definition) is 2. The van der Waals surface area contributed by atoms with Gasteiger partial charge in [-0.2, -0.15) is 0 Å². The van der Waals surface area contributed by atoms with Gasteiger partial charge in [0.15, 0.2) is 0 Å². The van der Waals surface area contributed by atoms with Crippen LogP contribution in [0.3, 0.4) is 0 Å². The van der Waals surface area contributed by atoms with Crippen LogP contribution < -0.4 is 5.73 Å². The molecule has 102 valence electrons. The Hall–Kier alpha value is -1.42. The van der Waals surface area contributed by atoms with Gasteiger partial charge in [-0.15, -0.1) is 0 Å². The van der Waals surface area contributed by atoms with E-state index in [4.69, 9.17) is 5.73 Å². The van der Waals surface area contributed by atoms with Crippen molar-refractivity contribution in [3.63, 3.8) is 0 Å². The number of carbonyl (C=O) groups excluding carboxylic acids is 1. The van der Waals surface area contributed by atoms with Gasteiger partial charge in [0.2, 0.25) is 0 Å². The van der Waals surface area contributed by atoms with Crippen molar-refractivity contribution in [1.29, 1.82) is 0 Å². The Labute approximate surface area is 112 Å². The Balaban J connectivity index is 1.78. The molecule has 1 saturated carbocycles. The molecule has 1 heterocycles. The van der Waals surface area contributed by atoms with Gasteiger partial charge in [0.05, 0.1) is 0 Å². The SMILES string of the molecule is Cc1cc(F)ccc1C(=O)N1C[C@@H]2CC[C@@H](N)[C@H]2C1. The number of aryl methyl sites for hydroxylation is 1. The van der Waals surface area contributed by atoms with Crippen molar-refractivity contribution in [2.24, 2.45) is 17.6 Å². The van der Waals surface area contributed by atoms with E-state index < -0.39 is 0 Å². The topological polar surface area (TPSA) is 46.3 Å². The first-order chi connectivity index (χ1) is 9.06. The van der Waals surface area contributed by atoms with Crippen LogP contribution in [0.25, 0.3) is 0 Å². The second-order valence-electron chi connectivity index (χ2n) is 5.83. The van der Waals surface area contributed by atoms with Crippen molar-refractivity contribution in [1.82, 2.24) is 4.90 Å². The molecule has 0 aromatic heterocycles. The number of halogens is 1. The normalized spacial score (nSPS) is 29.6. The Morgan fingerprint density at radius 3 is 2.84 bits per heavy atom. The molecule has 3 nitrogen and oxygen atoms in total. The van der Waals surface area contributed by atoms with E-state index in [1.807, 2.05) is 4.90 Å². The summed E-state index contributed by atoms with van der Waals surface area (Å²) in [6.45, 7) is 3.33. The number of benzene rings is 1. The number of nitrogens with two attached hydrogens (primary N) is 1. The lowest BCUT2D eigenvalue weighted by molar-refractivity contribution is 0.0779. The number of likely N-dealkylation sites (tertiary alicyclic amines) is 1. The average Bonchev–Trinajstić information content (AvgIpc) is 2.91.